The van der Waals surface area contributed by atoms with Crippen molar-refractivity contribution in [3.05, 3.63) is 10.7 Å². The molecular formula is C10H16BrN3O3. The number of aliphatic hydroxyl groups is 1. The van der Waals surface area contributed by atoms with Crippen molar-refractivity contribution in [1.29, 1.82) is 0 Å². The summed E-state index contributed by atoms with van der Waals surface area (Å²) in [5.41, 5.74) is 0. The average Bonchev–Trinajstić information content (AvgIpc) is 2.35. The molecule has 0 atom stereocenters. The predicted molar refractivity (Wildman–Crippen MR) is 67.3 cm³/mol. The zero-order chi connectivity index (χ0) is 12.5. The maximum atomic E-state index is 8.51. The lowest BCUT2D eigenvalue weighted by atomic mass is 10.4. The van der Waals surface area contributed by atoms with E-state index in [0.717, 1.165) is 10.9 Å². The Hall–Kier alpha value is -0.920. The number of aliphatic hydroxyl groups excluding tert-OH is 1. The number of hydrogen-bond acceptors (Lipinski definition) is 6. The highest BCUT2D eigenvalue weighted by molar-refractivity contribution is 9.10. The van der Waals surface area contributed by atoms with Crippen LogP contribution in [0, 0.1) is 0 Å². The molecule has 0 spiro atoms. The van der Waals surface area contributed by atoms with Gasteiger partial charge in [0.25, 0.3) is 0 Å². The van der Waals surface area contributed by atoms with Crippen molar-refractivity contribution < 1.29 is 14.6 Å². The molecule has 6 nitrogen and oxygen atoms in total. The molecule has 0 aliphatic heterocycles. The zero-order valence-electron chi connectivity index (χ0n) is 9.65. The van der Waals surface area contributed by atoms with Gasteiger partial charge in [0.1, 0.15) is 0 Å². The van der Waals surface area contributed by atoms with Crippen LogP contribution in [0.25, 0.3) is 0 Å². The summed E-state index contributed by atoms with van der Waals surface area (Å²) in [5.74, 6) is 1.02. The minimum Gasteiger partial charge on any atom is -0.480 e. The molecule has 0 bridgehead atoms. The van der Waals surface area contributed by atoms with Crippen molar-refractivity contribution in [1.82, 2.24) is 9.97 Å². The smallest absolute Gasteiger partial charge is 0.232 e. The predicted octanol–water partition coefficient (Wildman–Crippen LogP) is 1.06. The summed E-state index contributed by atoms with van der Waals surface area (Å²) in [4.78, 5) is 8.24. The normalized spacial score (nSPS) is 10.3. The maximum absolute atomic E-state index is 8.51. The van der Waals surface area contributed by atoms with Gasteiger partial charge in [-0.15, -0.1) is 0 Å². The first-order chi connectivity index (χ1) is 8.27. The van der Waals surface area contributed by atoms with Gasteiger partial charge in [-0.3, -0.25) is 0 Å². The van der Waals surface area contributed by atoms with Gasteiger partial charge in [0.2, 0.25) is 11.8 Å². The van der Waals surface area contributed by atoms with Crippen molar-refractivity contribution in [2.24, 2.45) is 0 Å². The first-order valence-corrected chi connectivity index (χ1v) is 6.06. The summed E-state index contributed by atoms with van der Waals surface area (Å²) in [5, 5.41) is 11.6. The summed E-state index contributed by atoms with van der Waals surface area (Å²) in [6, 6.07) is 0. The van der Waals surface area contributed by atoms with Gasteiger partial charge in [-0.05, 0) is 22.4 Å². The second-order valence-electron chi connectivity index (χ2n) is 3.17. The molecule has 7 heteroatoms. The van der Waals surface area contributed by atoms with E-state index in [1.54, 1.807) is 13.3 Å². The van der Waals surface area contributed by atoms with Gasteiger partial charge in [-0.2, -0.15) is 4.98 Å². The Labute approximate surface area is 108 Å². The van der Waals surface area contributed by atoms with Crippen LogP contribution in [-0.2, 0) is 4.74 Å². The van der Waals surface area contributed by atoms with Gasteiger partial charge in [0.15, 0.2) is 0 Å². The van der Waals surface area contributed by atoms with Crippen LogP contribution in [0.5, 0.6) is 5.88 Å². The van der Waals surface area contributed by atoms with Gasteiger partial charge in [0.05, 0.1) is 31.0 Å². The molecule has 0 aliphatic carbocycles. The Bertz CT molecular complexity index is 339. The van der Waals surface area contributed by atoms with Crippen LogP contribution in [0.1, 0.15) is 6.42 Å². The van der Waals surface area contributed by atoms with E-state index in [9.17, 15) is 0 Å². The molecule has 17 heavy (non-hydrogen) atoms. The van der Waals surface area contributed by atoms with Gasteiger partial charge in [0, 0.05) is 13.2 Å². The SMILES string of the molecule is COc1nc(NCCCOCCO)ncc1Br. The monoisotopic (exact) mass is 305 g/mol. The number of nitrogens with zero attached hydrogens (tertiary/aromatic N) is 2. The van der Waals surface area contributed by atoms with Gasteiger partial charge in [-0.25, -0.2) is 4.98 Å². The number of ether oxygens (including phenoxy) is 2. The van der Waals surface area contributed by atoms with Crippen LogP contribution >= 0.6 is 15.9 Å². The van der Waals surface area contributed by atoms with E-state index in [4.69, 9.17) is 14.6 Å². The molecule has 1 heterocycles. The Kier molecular flexibility index (Phi) is 6.83. The molecule has 0 unspecified atom stereocenters. The molecule has 2 N–H and O–H groups in total. The molecule has 0 fully saturated rings. The minimum atomic E-state index is 0.0560. The number of aromatic nitrogens is 2. The zero-order valence-corrected chi connectivity index (χ0v) is 11.2. The highest BCUT2D eigenvalue weighted by atomic mass is 79.9. The number of nitrogens with one attached hydrogen (secondary N) is 1. The molecule has 96 valence electrons. The third kappa shape index (κ3) is 5.29. The van der Waals surface area contributed by atoms with Crippen LogP contribution in [-0.4, -0.2) is 48.5 Å². The second kappa shape index (κ2) is 8.21. The summed E-state index contributed by atoms with van der Waals surface area (Å²) in [6.07, 6.45) is 2.46. The van der Waals surface area contributed by atoms with Gasteiger partial charge in [-0.1, -0.05) is 0 Å². The van der Waals surface area contributed by atoms with Crippen molar-refractivity contribution in [3.8, 4) is 5.88 Å². The fraction of sp³-hybridized carbons (Fsp3) is 0.600. The summed E-state index contributed by atoms with van der Waals surface area (Å²) >= 11 is 3.28. The molecular weight excluding hydrogens is 290 g/mol. The first-order valence-electron chi connectivity index (χ1n) is 5.27. The molecule has 0 saturated heterocycles. The lowest BCUT2D eigenvalue weighted by Gasteiger charge is -2.07. The maximum Gasteiger partial charge on any atom is 0.232 e. The Balaban J connectivity index is 2.27. The lowest BCUT2D eigenvalue weighted by molar-refractivity contribution is 0.0921. The van der Waals surface area contributed by atoms with E-state index >= 15 is 0 Å². The third-order valence-electron chi connectivity index (χ3n) is 1.89. The van der Waals surface area contributed by atoms with Gasteiger partial charge >= 0.3 is 0 Å². The number of halogens is 1. The van der Waals surface area contributed by atoms with Crippen molar-refractivity contribution >= 4 is 21.9 Å². The summed E-state index contributed by atoms with van der Waals surface area (Å²) in [7, 11) is 1.56. The Morgan fingerprint density at radius 3 is 3.00 bits per heavy atom. The molecule has 0 aliphatic rings. The Morgan fingerprint density at radius 2 is 2.29 bits per heavy atom. The highest BCUT2D eigenvalue weighted by Crippen LogP contribution is 2.21. The topological polar surface area (TPSA) is 76.5 Å². The van der Waals surface area contributed by atoms with Crippen LogP contribution in [0.2, 0.25) is 0 Å². The van der Waals surface area contributed by atoms with Gasteiger partial charge < -0.3 is 19.9 Å². The first kappa shape index (κ1) is 14.1. The largest absolute Gasteiger partial charge is 0.480 e. The summed E-state index contributed by atoms with van der Waals surface area (Å²) < 4.78 is 10.9. The molecule has 0 aromatic carbocycles. The average molecular weight is 306 g/mol. The van der Waals surface area contributed by atoms with Crippen LogP contribution in [0.3, 0.4) is 0 Å². The van der Waals surface area contributed by atoms with Crippen LogP contribution in [0.4, 0.5) is 5.95 Å². The molecule has 1 rings (SSSR count). The molecule has 0 radical (unpaired) electrons. The van der Waals surface area contributed by atoms with Crippen molar-refractivity contribution in [2.75, 3.05) is 38.8 Å². The summed E-state index contributed by atoms with van der Waals surface area (Å²) in [6.45, 7) is 1.74. The highest BCUT2D eigenvalue weighted by Gasteiger charge is 2.03. The number of anilines is 1. The standard InChI is InChI=1S/C10H16BrN3O3/c1-16-9-8(11)7-13-10(14-9)12-3-2-5-17-6-4-15/h7,15H,2-6H2,1H3,(H,12,13,14). The number of methoxy groups -OCH3 is 1. The third-order valence-corrected chi connectivity index (χ3v) is 2.43. The van der Waals surface area contributed by atoms with E-state index < -0.39 is 0 Å². The van der Waals surface area contributed by atoms with E-state index in [-0.39, 0.29) is 6.61 Å². The molecule has 0 saturated carbocycles. The van der Waals surface area contributed by atoms with E-state index in [1.807, 2.05) is 0 Å². The lowest BCUT2D eigenvalue weighted by Crippen LogP contribution is -2.09. The van der Waals surface area contributed by atoms with E-state index in [0.29, 0.717) is 31.6 Å². The van der Waals surface area contributed by atoms with E-state index in [2.05, 4.69) is 31.2 Å². The second-order valence-corrected chi connectivity index (χ2v) is 4.02. The number of rotatable bonds is 8. The quantitative estimate of drug-likeness (QED) is 0.699. The number of hydrogen-bond donors (Lipinski definition) is 2. The minimum absolute atomic E-state index is 0.0560. The fourth-order valence-corrected chi connectivity index (χ4v) is 1.47. The molecule has 1 aromatic rings. The Morgan fingerprint density at radius 1 is 1.47 bits per heavy atom. The van der Waals surface area contributed by atoms with Crippen molar-refractivity contribution in [2.45, 2.75) is 6.42 Å². The van der Waals surface area contributed by atoms with Crippen LogP contribution < -0.4 is 10.1 Å². The van der Waals surface area contributed by atoms with Crippen LogP contribution in [0.15, 0.2) is 10.7 Å². The molecule has 0 amide bonds. The fourth-order valence-electron chi connectivity index (χ4n) is 1.12. The van der Waals surface area contributed by atoms with Crippen molar-refractivity contribution in [3.63, 3.8) is 0 Å². The van der Waals surface area contributed by atoms with E-state index in [1.165, 1.54) is 0 Å². The molecule has 1 aromatic heterocycles.